The van der Waals surface area contributed by atoms with Gasteiger partial charge in [-0.3, -0.25) is 0 Å². The molecule has 0 N–H and O–H groups in total. The largest absolute Gasteiger partial charge is 0.462 e. The monoisotopic (exact) mass is 284 g/mol. The lowest BCUT2D eigenvalue weighted by molar-refractivity contribution is 0.0524. The summed E-state index contributed by atoms with van der Waals surface area (Å²) < 4.78 is 5.06. The minimum Gasteiger partial charge on any atom is -0.462 e. The van der Waals surface area contributed by atoms with Crippen molar-refractivity contribution in [2.45, 2.75) is 33.6 Å². The molecule has 0 bridgehead atoms. The van der Waals surface area contributed by atoms with Crippen LogP contribution in [0.5, 0.6) is 0 Å². The molecule has 0 atom stereocenters. The van der Waals surface area contributed by atoms with E-state index in [1.54, 1.807) is 13.1 Å². The normalized spacial score (nSPS) is 10.4. The number of carbonyl (C=O) groups is 1. The highest BCUT2D eigenvalue weighted by Crippen LogP contribution is 2.18. The van der Waals surface area contributed by atoms with Gasteiger partial charge in [0.1, 0.15) is 0 Å². The number of rotatable bonds is 5. The third-order valence-corrected chi connectivity index (χ3v) is 3.16. The zero-order valence-corrected chi connectivity index (χ0v) is 12.7. The second kappa shape index (κ2) is 6.97. The van der Waals surface area contributed by atoms with Gasteiger partial charge in [-0.25, -0.2) is 14.8 Å². The molecule has 4 heteroatoms. The highest BCUT2D eigenvalue weighted by molar-refractivity contribution is 5.90. The highest BCUT2D eigenvalue weighted by atomic mass is 16.5. The molecule has 1 aromatic carbocycles. The summed E-state index contributed by atoms with van der Waals surface area (Å²) in [5, 5.41) is 0. The summed E-state index contributed by atoms with van der Waals surface area (Å²) in [6.45, 7) is 6.24. The number of aromatic nitrogens is 2. The van der Waals surface area contributed by atoms with E-state index in [1.165, 1.54) is 5.56 Å². The Morgan fingerprint density at radius 3 is 2.52 bits per heavy atom. The maximum Gasteiger partial charge on any atom is 0.341 e. The molecule has 0 aliphatic heterocycles. The topological polar surface area (TPSA) is 52.1 Å². The van der Waals surface area contributed by atoms with Gasteiger partial charge in [0.25, 0.3) is 0 Å². The van der Waals surface area contributed by atoms with Gasteiger partial charge in [-0.15, -0.1) is 0 Å². The van der Waals surface area contributed by atoms with Crippen molar-refractivity contribution >= 4 is 5.97 Å². The van der Waals surface area contributed by atoms with E-state index in [1.807, 2.05) is 31.2 Å². The molecule has 0 amide bonds. The first-order chi connectivity index (χ1) is 10.2. The first kappa shape index (κ1) is 15.2. The number of hydrogen-bond donors (Lipinski definition) is 0. The van der Waals surface area contributed by atoms with Crippen molar-refractivity contribution < 1.29 is 9.53 Å². The lowest BCUT2D eigenvalue weighted by Crippen LogP contribution is -2.11. The number of hydrogen-bond acceptors (Lipinski definition) is 4. The molecule has 1 heterocycles. The zero-order valence-electron chi connectivity index (χ0n) is 12.7. The fraction of sp³-hybridized carbons (Fsp3) is 0.353. The summed E-state index contributed by atoms with van der Waals surface area (Å²) in [5.41, 5.74) is 3.36. The maximum absolute atomic E-state index is 11.9. The molecular formula is C17H20N2O2. The molecule has 0 aliphatic carbocycles. The Hall–Kier alpha value is -2.23. The Bertz CT molecular complexity index is 621. The minimum absolute atomic E-state index is 0.351. The number of benzene rings is 1. The molecule has 4 nitrogen and oxygen atoms in total. The maximum atomic E-state index is 11.9. The summed E-state index contributed by atoms with van der Waals surface area (Å²) in [5.74, 6) is 0.294. The average molecular weight is 284 g/mol. The fourth-order valence-electron chi connectivity index (χ4n) is 2.07. The van der Waals surface area contributed by atoms with E-state index in [9.17, 15) is 4.79 Å². The molecule has 1 aromatic heterocycles. The van der Waals surface area contributed by atoms with Gasteiger partial charge in [-0.1, -0.05) is 43.2 Å². The number of carbonyl (C=O) groups excluding carboxylic acids is 1. The Kier molecular flexibility index (Phi) is 5.04. The Morgan fingerprint density at radius 2 is 1.90 bits per heavy atom. The van der Waals surface area contributed by atoms with Crippen molar-refractivity contribution in [2.75, 3.05) is 6.61 Å². The van der Waals surface area contributed by atoms with Gasteiger partial charge in [-0.05, 0) is 20.3 Å². The van der Waals surface area contributed by atoms with Crippen LogP contribution < -0.4 is 0 Å². The van der Waals surface area contributed by atoms with Crippen LogP contribution in [0, 0.1) is 6.92 Å². The first-order valence-electron chi connectivity index (χ1n) is 7.25. The number of nitrogens with zero attached hydrogens (tertiary/aromatic N) is 2. The van der Waals surface area contributed by atoms with Gasteiger partial charge in [0, 0.05) is 11.8 Å². The van der Waals surface area contributed by atoms with Crippen molar-refractivity contribution in [3.05, 3.63) is 47.3 Å². The van der Waals surface area contributed by atoms with Gasteiger partial charge in [-0.2, -0.15) is 0 Å². The quantitative estimate of drug-likeness (QED) is 0.787. The number of ether oxygens (including phenoxy) is 1. The van der Waals surface area contributed by atoms with Crippen LogP contribution in [0.15, 0.2) is 30.5 Å². The summed E-state index contributed by atoms with van der Waals surface area (Å²) in [7, 11) is 0. The van der Waals surface area contributed by atoms with E-state index in [-0.39, 0.29) is 5.97 Å². The molecule has 0 aliphatic rings. The van der Waals surface area contributed by atoms with Gasteiger partial charge in [0.15, 0.2) is 5.82 Å². The smallest absolute Gasteiger partial charge is 0.341 e. The van der Waals surface area contributed by atoms with Crippen LogP contribution in [-0.2, 0) is 11.2 Å². The predicted octanol–water partition coefficient (Wildman–Crippen LogP) is 3.58. The van der Waals surface area contributed by atoms with Crippen molar-refractivity contribution in [1.29, 1.82) is 0 Å². The van der Waals surface area contributed by atoms with E-state index in [2.05, 4.69) is 16.9 Å². The van der Waals surface area contributed by atoms with E-state index in [0.717, 1.165) is 24.1 Å². The van der Waals surface area contributed by atoms with E-state index < -0.39 is 0 Å². The van der Waals surface area contributed by atoms with Crippen molar-refractivity contribution in [3.8, 4) is 11.4 Å². The molecule has 2 rings (SSSR count). The minimum atomic E-state index is -0.351. The lowest BCUT2D eigenvalue weighted by atomic mass is 10.1. The molecule has 0 saturated carbocycles. The molecule has 2 aromatic rings. The number of aryl methyl sites for hydroxylation is 2. The standard InChI is InChI=1S/C17H20N2O2/c1-4-6-15-14(17(20)21-5-2)11-18-16(19-15)13-9-7-12(3)8-10-13/h7-11H,4-6H2,1-3H3. The molecule has 0 unspecified atom stereocenters. The average Bonchev–Trinajstić information content (AvgIpc) is 2.48. The Balaban J connectivity index is 2.39. The van der Waals surface area contributed by atoms with Gasteiger partial charge in [0.2, 0.25) is 0 Å². The molecule has 110 valence electrons. The first-order valence-corrected chi connectivity index (χ1v) is 7.25. The van der Waals surface area contributed by atoms with Gasteiger partial charge >= 0.3 is 5.97 Å². The van der Waals surface area contributed by atoms with Gasteiger partial charge < -0.3 is 4.74 Å². The van der Waals surface area contributed by atoms with Crippen LogP contribution in [-0.4, -0.2) is 22.5 Å². The molecule has 0 radical (unpaired) electrons. The van der Waals surface area contributed by atoms with Crippen LogP contribution >= 0.6 is 0 Å². The SMILES string of the molecule is CCCc1nc(-c2ccc(C)cc2)ncc1C(=O)OCC. The summed E-state index contributed by atoms with van der Waals surface area (Å²) in [6, 6.07) is 8.03. The second-order valence-electron chi connectivity index (χ2n) is 4.89. The van der Waals surface area contributed by atoms with Crippen molar-refractivity contribution in [1.82, 2.24) is 9.97 Å². The van der Waals surface area contributed by atoms with E-state index in [0.29, 0.717) is 18.0 Å². The van der Waals surface area contributed by atoms with E-state index >= 15 is 0 Å². The zero-order chi connectivity index (χ0) is 15.2. The van der Waals surface area contributed by atoms with Crippen LogP contribution in [0.2, 0.25) is 0 Å². The summed E-state index contributed by atoms with van der Waals surface area (Å²) in [4.78, 5) is 20.8. The molecule has 0 saturated heterocycles. The number of esters is 1. The molecule has 0 spiro atoms. The van der Waals surface area contributed by atoms with Crippen LogP contribution in [0.25, 0.3) is 11.4 Å². The second-order valence-corrected chi connectivity index (χ2v) is 4.89. The molecular weight excluding hydrogens is 264 g/mol. The molecule has 0 fully saturated rings. The third kappa shape index (κ3) is 3.66. The van der Waals surface area contributed by atoms with Gasteiger partial charge in [0.05, 0.1) is 17.9 Å². The highest BCUT2D eigenvalue weighted by Gasteiger charge is 2.15. The van der Waals surface area contributed by atoms with Crippen molar-refractivity contribution in [3.63, 3.8) is 0 Å². The Morgan fingerprint density at radius 1 is 1.19 bits per heavy atom. The van der Waals surface area contributed by atoms with E-state index in [4.69, 9.17) is 4.74 Å². The van der Waals surface area contributed by atoms with Crippen molar-refractivity contribution in [2.24, 2.45) is 0 Å². The van der Waals surface area contributed by atoms with Crippen LogP contribution in [0.1, 0.15) is 41.9 Å². The predicted molar refractivity (Wildman–Crippen MR) is 82.2 cm³/mol. The third-order valence-electron chi connectivity index (χ3n) is 3.16. The van der Waals surface area contributed by atoms with Crippen LogP contribution in [0.4, 0.5) is 0 Å². The lowest BCUT2D eigenvalue weighted by Gasteiger charge is -2.09. The van der Waals surface area contributed by atoms with Crippen LogP contribution in [0.3, 0.4) is 0 Å². The molecule has 21 heavy (non-hydrogen) atoms. The fourth-order valence-corrected chi connectivity index (χ4v) is 2.07. The summed E-state index contributed by atoms with van der Waals surface area (Å²) in [6.07, 6.45) is 3.22. The summed E-state index contributed by atoms with van der Waals surface area (Å²) >= 11 is 0. The Labute approximate surface area is 125 Å².